The van der Waals surface area contributed by atoms with E-state index < -0.39 is 0 Å². The number of hydrogen-bond donors (Lipinski definition) is 0. The van der Waals surface area contributed by atoms with Crippen LogP contribution in [0.4, 0.5) is 4.39 Å². The smallest absolute Gasteiger partial charge is 0.253 e. The zero-order valence-electron chi connectivity index (χ0n) is 13.5. The Morgan fingerprint density at radius 1 is 1.16 bits per heavy atom. The molecule has 25 heavy (non-hydrogen) atoms. The van der Waals surface area contributed by atoms with E-state index in [9.17, 15) is 9.18 Å². The van der Waals surface area contributed by atoms with Crippen LogP contribution in [0, 0.1) is 5.82 Å². The molecule has 0 spiro atoms. The molecule has 2 heterocycles. The molecule has 128 valence electrons. The Bertz CT molecular complexity index is 886. The zero-order chi connectivity index (χ0) is 17.2. The number of benzene rings is 2. The number of halogens is 1. The number of aromatic nitrogens is 1. The molecule has 0 N–H and O–H groups in total. The SMILES string of the molecule is O=C(c1ccc2ncsc2c1)N1CCC(Oc2ccc(F)cc2)CC1. The van der Waals surface area contributed by atoms with Gasteiger partial charge in [-0.25, -0.2) is 9.37 Å². The summed E-state index contributed by atoms with van der Waals surface area (Å²) in [5.41, 5.74) is 3.42. The van der Waals surface area contributed by atoms with Crippen molar-refractivity contribution in [3.05, 3.63) is 59.4 Å². The van der Waals surface area contributed by atoms with Gasteiger partial charge in [0.15, 0.2) is 0 Å². The Morgan fingerprint density at radius 3 is 2.68 bits per heavy atom. The number of nitrogens with zero attached hydrogens (tertiary/aromatic N) is 2. The lowest BCUT2D eigenvalue weighted by molar-refractivity contribution is 0.0595. The lowest BCUT2D eigenvalue weighted by atomic mass is 10.1. The number of ether oxygens (including phenoxy) is 1. The summed E-state index contributed by atoms with van der Waals surface area (Å²) in [5.74, 6) is 0.447. The van der Waals surface area contributed by atoms with E-state index in [2.05, 4.69) is 4.98 Å². The molecule has 0 unspecified atom stereocenters. The average molecular weight is 356 g/mol. The number of hydrogen-bond acceptors (Lipinski definition) is 4. The maximum Gasteiger partial charge on any atom is 0.253 e. The second-order valence-electron chi connectivity index (χ2n) is 6.10. The second-order valence-corrected chi connectivity index (χ2v) is 6.98. The van der Waals surface area contributed by atoms with Crippen molar-refractivity contribution >= 4 is 27.5 Å². The second kappa shape index (κ2) is 6.80. The first-order valence-corrected chi connectivity index (χ1v) is 9.12. The van der Waals surface area contributed by atoms with Crippen molar-refractivity contribution in [3.63, 3.8) is 0 Å². The van der Waals surface area contributed by atoms with Gasteiger partial charge >= 0.3 is 0 Å². The van der Waals surface area contributed by atoms with E-state index in [-0.39, 0.29) is 17.8 Å². The third-order valence-electron chi connectivity index (χ3n) is 4.42. The summed E-state index contributed by atoms with van der Waals surface area (Å²) in [6.07, 6.45) is 1.59. The third-order valence-corrected chi connectivity index (χ3v) is 5.22. The van der Waals surface area contributed by atoms with E-state index in [0.717, 1.165) is 23.1 Å². The van der Waals surface area contributed by atoms with Gasteiger partial charge in [0.05, 0.1) is 15.7 Å². The molecule has 3 aromatic rings. The van der Waals surface area contributed by atoms with E-state index in [4.69, 9.17) is 4.74 Å². The number of likely N-dealkylation sites (tertiary alicyclic amines) is 1. The van der Waals surface area contributed by atoms with Gasteiger partial charge in [0.1, 0.15) is 17.7 Å². The quantitative estimate of drug-likeness (QED) is 0.709. The predicted molar refractivity (Wildman–Crippen MR) is 95.6 cm³/mol. The van der Waals surface area contributed by atoms with Crippen molar-refractivity contribution in [2.75, 3.05) is 13.1 Å². The number of rotatable bonds is 3. The molecule has 1 aliphatic rings. The molecule has 4 nitrogen and oxygen atoms in total. The highest BCUT2D eigenvalue weighted by molar-refractivity contribution is 7.16. The van der Waals surface area contributed by atoms with Crippen LogP contribution in [0.15, 0.2) is 48.0 Å². The Hall–Kier alpha value is -2.47. The minimum atomic E-state index is -0.273. The monoisotopic (exact) mass is 356 g/mol. The molecule has 0 radical (unpaired) electrons. The first-order valence-electron chi connectivity index (χ1n) is 8.24. The number of fused-ring (bicyclic) bond motifs is 1. The van der Waals surface area contributed by atoms with E-state index in [1.807, 2.05) is 23.1 Å². The molecule has 4 rings (SSSR count). The van der Waals surface area contributed by atoms with E-state index in [1.54, 1.807) is 17.6 Å². The van der Waals surface area contributed by atoms with Crippen LogP contribution in [0.3, 0.4) is 0 Å². The third kappa shape index (κ3) is 3.49. The van der Waals surface area contributed by atoms with Crippen molar-refractivity contribution < 1.29 is 13.9 Å². The lowest BCUT2D eigenvalue weighted by Crippen LogP contribution is -2.41. The fourth-order valence-electron chi connectivity index (χ4n) is 3.05. The van der Waals surface area contributed by atoms with Crippen molar-refractivity contribution in [1.29, 1.82) is 0 Å². The van der Waals surface area contributed by atoms with Gasteiger partial charge in [-0.2, -0.15) is 0 Å². The highest BCUT2D eigenvalue weighted by Gasteiger charge is 2.25. The van der Waals surface area contributed by atoms with Crippen LogP contribution >= 0.6 is 11.3 Å². The standard InChI is InChI=1S/C19H17FN2O2S/c20-14-2-4-15(5-3-14)24-16-7-9-22(10-8-16)19(23)13-1-6-17-18(11-13)25-12-21-17/h1-6,11-12,16H,7-10H2. The molecule has 1 fully saturated rings. The molecule has 0 bridgehead atoms. The van der Waals surface area contributed by atoms with Crippen molar-refractivity contribution in [3.8, 4) is 5.75 Å². The molecule has 1 aromatic heterocycles. The van der Waals surface area contributed by atoms with Gasteiger partial charge in [-0.3, -0.25) is 4.79 Å². The molecule has 2 aromatic carbocycles. The van der Waals surface area contributed by atoms with Gasteiger partial charge in [0.25, 0.3) is 5.91 Å². The van der Waals surface area contributed by atoms with E-state index >= 15 is 0 Å². The molecule has 6 heteroatoms. The number of carbonyl (C=O) groups is 1. The molecular formula is C19H17FN2O2S. The first-order chi connectivity index (χ1) is 12.2. The van der Waals surface area contributed by atoms with Crippen LogP contribution in [-0.2, 0) is 0 Å². The zero-order valence-corrected chi connectivity index (χ0v) is 14.3. The van der Waals surface area contributed by atoms with Crippen LogP contribution < -0.4 is 4.74 Å². The lowest BCUT2D eigenvalue weighted by Gasteiger charge is -2.32. The fraction of sp³-hybridized carbons (Fsp3) is 0.263. The Kier molecular flexibility index (Phi) is 4.36. The molecule has 0 saturated carbocycles. The molecule has 1 saturated heterocycles. The Balaban J connectivity index is 1.37. The number of amides is 1. The minimum Gasteiger partial charge on any atom is -0.490 e. The highest BCUT2D eigenvalue weighted by atomic mass is 32.1. The Morgan fingerprint density at radius 2 is 1.92 bits per heavy atom. The van der Waals surface area contributed by atoms with Gasteiger partial charge < -0.3 is 9.64 Å². The van der Waals surface area contributed by atoms with Gasteiger partial charge in [-0.1, -0.05) is 0 Å². The normalized spacial score (nSPS) is 15.5. The van der Waals surface area contributed by atoms with Gasteiger partial charge in [0, 0.05) is 31.5 Å². The maximum atomic E-state index is 12.9. The number of piperidine rings is 1. The summed E-state index contributed by atoms with van der Waals surface area (Å²) in [5, 5.41) is 0. The summed E-state index contributed by atoms with van der Waals surface area (Å²) in [4.78, 5) is 18.8. The average Bonchev–Trinajstić information content (AvgIpc) is 3.11. The maximum absolute atomic E-state index is 12.9. The molecule has 1 aliphatic heterocycles. The topological polar surface area (TPSA) is 42.4 Å². The highest BCUT2D eigenvalue weighted by Crippen LogP contribution is 2.23. The Labute approximate surface area is 148 Å². The molecule has 0 aliphatic carbocycles. The van der Waals surface area contributed by atoms with Crippen LogP contribution in [0.5, 0.6) is 5.75 Å². The van der Waals surface area contributed by atoms with E-state index in [0.29, 0.717) is 24.4 Å². The first kappa shape index (κ1) is 16.0. The van der Waals surface area contributed by atoms with Crippen LogP contribution in [0.1, 0.15) is 23.2 Å². The van der Waals surface area contributed by atoms with Crippen LogP contribution in [0.25, 0.3) is 10.2 Å². The largest absolute Gasteiger partial charge is 0.490 e. The number of thiazole rings is 1. The van der Waals surface area contributed by atoms with Crippen molar-refractivity contribution in [2.24, 2.45) is 0 Å². The van der Waals surface area contributed by atoms with Gasteiger partial charge in [-0.15, -0.1) is 11.3 Å². The van der Waals surface area contributed by atoms with Crippen molar-refractivity contribution in [2.45, 2.75) is 18.9 Å². The summed E-state index contributed by atoms with van der Waals surface area (Å²) >= 11 is 1.54. The van der Waals surface area contributed by atoms with Gasteiger partial charge in [0.2, 0.25) is 0 Å². The molecule has 0 atom stereocenters. The van der Waals surface area contributed by atoms with Crippen LogP contribution in [-0.4, -0.2) is 35.0 Å². The van der Waals surface area contributed by atoms with E-state index in [1.165, 1.54) is 23.5 Å². The minimum absolute atomic E-state index is 0.0514. The molecular weight excluding hydrogens is 339 g/mol. The summed E-state index contributed by atoms with van der Waals surface area (Å²) < 4.78 is 19.8. The molecule has 1 amide bonds. The van der Waals surface area contributed by atoms with Crippen LogP contribution in [0.2, 0.25) is 0 Å². The fourth-order valence-corrected chi connectivity index (χ4v) is 3.77. The summed E-state index contributed by atoms with van der Waals surface area (Å²) in [7, 11) is 0. The summed E-state index contributed by atoms with van der Waals surface area (Å²) in [6, 6.07) is 11.7. The van der Waals surface area contributed by atoms with Crippen molar-refractivity contribution in [1.82, 2.24) is 9.88 Å². The predicted octanol–water partition coefficient (Wildman–Crippen LogP) is 4.12. The summed E-state index contributed by atoms with van der Waals surface area (Å²) in [6.45, 7) is 1.32. The van der Waals surface area contributed by atoms with Gasteiger partial charge in [-0.05, 0) is 42.5 Å². The number of carbonyl (C=O) groups excluding carboxylic acids is 1.